The fraction of sp³-hybridized carbons (Fsp3) is 0. The van der Waals surface area contributed by atoms with Crippen LogP contribution in [0.15, 0.2) is 121 Å². The summed E-state index contributed by atoms with van der Waals surface area (Å²) in [6.45, 7) is 0. The van der Waals surface area contributed by atoms with Gasteiger partial charge in [0.05, 0.1) is 11.1 Å². The van der Waals surface area contributed by atoms with Crippen LogP contribution in [-0.2, 0) is 38.5 Å². The van der Waals surface area contributed by atoms with Crippen LogP contribution in [0, 0.1) is 0 Å². The Balaban J connectivity index is 0.000000267. The standard InChI is InChI=1S/2C15H10O4.Zn/c2*16-13(11-7-3-1-4-8-11)15(18)19-14(17)12-9-5-2-6-10-12;/h2*1-10H;. The molecule has 0 aliphatic carbocycles. The molecule has 0 aliphatic heterocycles. The van der Waals surface area contributed by atoms with Crippen molar-refractivity contribution in [2.45, 2.75) is 0 Å². The van der Waals surface area contributed by atoms with Crippen molar-refractivity contribution in [2.24, 2.45) is 0 Å². The molecule has 4 aromatic carbocycles. The van der Waals surface area contributed by atoms with Gasteiger partial charge >= 0.3 is 23.9 Å². The number of rotatable bonds is 6. The van der Waals surface area contributed by atoms with Crippen LogP contribution in [0.1, 0.15) is 41.4 Å². The molecule has 0 radical (unpaired) electrons. The van der Waals surface area contributed by atoms with Crippen LogP contribution >= 0.6 is 0 Å². The summed E-state index contributed by atoms with van der Waals surface area (Å²) in [5.74, 6) is -5.72. The van der Waals surface area contributed by atoms with E-state index in [1.165, 1.54) is 48.5 Å². The van der Waals surface area contributed by atoms with Gasteiger partial charge in [-0.05, 0) is 24.3 Å². The molecule has 8 nitrogen and oxygen atoms in total. The first kappa shape index (κ1) is 30.3. The molecule has 4 rings (SSSR count). The third-order valence-electron chi connectivity index (χ3n) is 4.83. The van der Waals surface area contributed by atoms with E-state index in [1.807, 2.05) is 0 Å². The van der Waals surface area contributed by atoms with Gasteiger partial charge in [0.25, 0.3) is 11.6 Å². The molecule has 0 aliphatic rings. The molecule has 0 bridgehead atoms. The molecule has 0 saturated heterocycles. The van der Waals surface area contributed by atoms with Crippen LogP contribution < -0.4 is 0 Å². The van der Waals surface area contributed by atoms with Gasteiger partial charge in [-0.15, -0.1) is 0 Å². The third kappa shape index (κ3) is 9.18. The molecule has 39 heavy (non-hydrogen) atoms. The second-order valence-corrected chi connectivity index (χ2v) is 7.48. The first-order valence-corrected chi connectivity index (χ1v) is 11.2. The number of ether oxygens (including phenoxy) is 2. The van der Waals surface area contributed by atoms with Gasteiger partial charge in [0.2, 0.25) is 0 Å². The van der Waals surface area contributed by atoms with E-state index in [0.29, 0.717) is 0 Å². The van der Waals surface area contributed by atoms with Gasteiger partial charge < -0.3 is 9.47 Å². The quantitative estimate of drug-likeness (QED) is 0.109. The molecule has 4 aromatic rings. The zero-order valence-electron chi connectivity index (χ0n) is 20.5. The van der Waals surface area contributed by atoms with Gasteiger partial charge in [0.15, 0.2) is 0 Å². The van der Waals surface area contributed by atoms with Crippen molar-refractivity contribution < 1.29 is 57.7 Å². The Morgan fingerprint density at radius 3 is 0.846 bits per heavy atom. The Bertz CT molecular complexity index is 1320. The van der Waals surface area contributed by atoms with Crippen molar-refractivity contribution in [1.82, 2.24) is 0 Å². The maximum Gasteiger partial charge on any atom is 0.387 e. The number of benzene rings is 4. The minimum Gasteiger partial charge on any atom is -0.383 e. The predicted molar refractivity (Wildman–Crippen MR) is 135 cm³/mol. The molecule has 0 N–H and O–H groups in total. The number of carbonyl (C=O) groups excluding carboxylic acids is 6. The second-order valence-electron chi connectivity index (χ2n) is 7.48. The summed E-state index contributed by atoms with van der Waals surface area (Å²) < 4.78 is 9.05. The Morgan fingerprint density at radius 2 is 0.590 bits per heavy atom. The summed E-state index contributed by atoms with van der Waals surface area (Å²) in [6, 6.07) is 31.9. The molecule has 0 aromatic heterocycles. The number of hydrogen-bond donors (Lipinski definition) is 0. The predicted octanol–water partition coefficient (Wildman–Crippen LogP) is 4.50. The minimum absolute atomic E-state index is 0. The summed E-state index contributed by atoms with van der Waals surface area (Å²) in [4.78, 5) is 69.6. The van der Waals surface area contributed by atoms with E-state index in [4.69, 9.17) is 0 Å². The smallest absolute Gasteiger partial charge is 0.383 e. The van der Waals surface area contributed by atoms with Crippen molar-refractivity contribution in [3.63, 3.8) is 0 Å². The monoisotopic (exact) mass is 572 g/mol. The summed E-state index contributed by atoms with van der Waals surface area (Å²) >= 11 is 0. The van der Waals surface area contributed by atoms with E-state index in [-0.39, 0.29) is 41.7 Å². The van der Waals surface area contributed by atoms with Crippen molar-refractivity contribution in [3.8, 4) is 0 Å². The van der Waals surface area contributed by atoms with E-state index < -0.39 is 35.4 Å². The van der Waals surface area contributed by atoms with Crippen molar-refractivity contribution in [3.05, 3.63) is 144 Å². The zero-order chi connectivity index (χ0) is 27.3. The van der Waals surface area contributed by atoms with Gasteiger partial charge in [-0.3, -0.25) is 9.59 Å². The molecule has 0 atom stereocenters. The molecule has 190 valence electrons. The molecule has 0 unspecified atom stereocenters. The molecular formula is C30H20O8Zn. The van der Waals surface area contributed by atoms with E-state index in [0.717, 1.165) is 0 Å². The average molecular weight is 574 g/mol. The summed E-state index contributed by atoms with van der Waals surface area (Å²) in [5.41, 5.74) is 0.815. The molecule has 0 saturated carbocycles. The Morgan fingerprint density at radius 1 is 0.359 bits per heavy atom. The normalized spacial score (nSPS) is 9.44. The first-order chi connectivity index (χ1) is 18.4. The van der Waals surface area contributed by atoms with Gasteiger partial charge in [-0.25, -0.2) is 19.2 Å². The maximum atomic E-state index is 11.7. The van der Waals surface area contributed by atoms with Crippen molar-refractivity contribution in [2.75, 3.05) is 0 Å². The first-order valence-electron chi connectivity index (χ1n) is 11.2. The average Bonchev–Trinajstić information content (AvgIpc) is 2.98. The van der Waals surface area contributed by atoms with E-state index in [9.17, 15) is 28.8 Å². The number of carbonyl (C=O) groups is 6. The zero-order valence-corrected chi connectivity index (χ0v) is 23.5. The molecule has 0 heterocycles. The summed E-state index contributed by atoms with van der Waals surface area (Å²) in [7, 11) is 0. The molecular weight excluding hydrogens is 554 g/mol. The summed E-state index contributed by atoms with van der Waals surface area (Å²) in [5, 5.41) is 0. The minimum atomic E-state index is -1.18. The number of ketones is 2. The van der Waals surface area contributed by atoms with Crippen LogP contribution in [0.3, 0.4) is 0 Å². The van der Waals surface area contributed by atoms with Crippen LogP contribution in [0.25, 0.3) is 0 Å². The van der Waals surface area contributed by atoms with Gasteiger partial charge in [-0.1, -0.05) is 97.1 Å². The number of esters is 4. The van der Waals surface area contributed by atoms with Crippen LogP contribution in [0.4, 0.5) is 0 Å². The Labute approximate surface area is 236 Å². The van der Waals surface area contributed by atoms with E-state index >= 15 is 0 Å². The molecule has 0 amide bonds. The molecule has 0 spiro atoms. The third-order valence-corrected chi connectivity index (χ3v) is 4.83. The molecule has 9 heteroatoms. The fourth-order valence-corrected chi connectivity index (χ4v) is 2.94. The van der Waals surface area contributed by atoms with Crippen LogP contribution in [0.5, 0.6) is 0 Å². The Kier molecular flexibility index (Phi) is 12.0. The summed E-state index contributed by atoms with van der Waals surface area (Å²) in [6.07, 6.45) is 0. The number of Topliss-reactive ketones (excluding diaryl/α,β-unsaturated/α-hetero) is 2. The largest absolute Gasteiger partial charge is 0.387 e. The van der Waals surface area contributed by atoms with Gasteiger partial charge in [0, 0.05) is 30.6 Å². The fourth-order valence-electron chi connectivity index (χ4n) is 2.94. The topological polar surface area (TPSA) is 121 Å². The van der Waals surface area contributed by atoms with Gasteiger partial charge in [0.1, 0.15) is 0 Å². The van der Waals surface area contributed by atoms with E-state index in [2.05, 4.69) is 9.47 Å². The van der Waals surface area contributed by atoms with Crippen LogP contribution in [-0.4, -0.2) is 35.4 Å². The SMILES string of the molecule is O=C(OC(=O)c1ccccc1)C(=O)c1ccccc1.O=C(OC(=O)c1ccccc1)C(=O)c1ccccc1.[Zn]. The Hall–Kier alpha value is -4.88. The van der Waals surface area contributed by atoms with E-state index in [1.54, 1.807) is 72.8 Å². The van der Waals surface area contributed by atoms with Crippen molar-refractivity contribution in [1.29, 1.82) is 0 Å². The van der Waals surface area contributed by atoms with Gasteiger partial charge in [-0.2, -0.15) is 0 Å². The van der Waals surface area contributed by atoms with Crippen molar-refractivity contribution >= 4 is 35.4 Å². The van der Waals surface area contributed by atoms with Crippen LogP contribution in [0.2, 0.25) is 0 Å². The second kappa shape index (κ2) is 15.4. The maximum absolute atomic E-state index is 11.7. The number of hydrogen-bond acceptors (Lipinski definition) is 8. The molecule has 0 fully saturated rings.